The zero-order chi connectivity index (χ0) is 10.8. The van der Waals surface area contributed by atoms with Gasteiger partial charge in [-0.1, -0.05) is 0 Å². The largest absolute Gasteiger partial charge is 0.497 e. The first kappa shape index (κ1) is 9.58. The summed E-state index contributed by atoms with van der Waals surface area (Å²) in [6, 6.07) is 5.39. The molecule has 1 aromatic heterocycles. The van der Waals surface area contributed by atoms with Crippen LogP contribution < -0.4 is 15.2 Å². The number of fused-ring (bicyclic) bond motifs is 1. The van der Waals surface area contributed by atoms with Gasteiger partial charge in [0.15, 0.2) is 0 Å². The number of nitrogens with two attached hydrogens (primary N) is 1. The summed E-state index contributed by atoms with van der Waals surface area (Å²) in [5.74, 6) is 1.37. The van der Waals surface area contributed by atoms with Gasteiger partial charge in [0.1, 0.15) is 17.0 Å². The van der Waals surface area contributed by atoms with Gasteiger partial charge >= 0.3 is 0 Å². The average Bonchev–Trinajstić information content (AvgIpc) is 2.28. The molecule has 2 aromatic rings. The molecule has 0 fully saturated rings. The van der Waals surface area contributed by atoms with Crippen molar-refractivity contribution in [2.45, 2.75) is 0 Å². The molecule has 1 heterocycles. The summed E-state index contributed by atoms with van der Waals surface area (Å²) in [5, 5.41) is 0.841. The molecule has 0 aliphatic rings. The lowest BCUT2D eigenvalue weighted by molar-refractivity contribution is 0.397. The summed E-state index contributed by atoms with van der Waals surface area (Å²) in [7, 11) is 3.20. The van der Waals surface area contributed by atoms with Crippen molar-refractivity contribution in [2.75, 3.05) is 20.0 Å². The summed E-state index contributed by atoms with van der Waals surface area (Å²) >= 11 is 0. The second-order valence-electron chi connectivity index (χ2n) is 3.13. The predicted octanol–water partition coefficient (Wildman–Crippen LogP) is 1.83. The molecule has 0 bridgehead atoms. The van der Waals surface area contributed by atoms with Gasteiger partial charge in [0, 0.05) is 23.3 Å². The zero-order valence-electron chi connectivity index (χ0n) is 8.65. The van der Waals surface area contributed by atoms with Crippen LogP contribution in [0.4, 0.5) is 5.69 Å². The van der Waals surface area contributed by atoms with Crippen LogP contribution in [0.5, 0.6) is 11.5 Å². The Morgan fingerprint density at radius 2 is 2.00 bits per heavy atom. The second-order valence-corrected chi connectivity index (χ2v) is 3.13. The first-order valence-electron chi connectivity index (χ1n) is 4.52. The van der Waals surface area contributed by atoms with Crippen LogP contribution in [0.1, 0.15) is 0 Å². The minimum atomic E-state index is 0.664. The number of pyridine rings is 1. The lowest BCUT2D eigenvalue weighted by Crippen LogP contribution is -1.94. The first-order valence-corrected chi connectivity index (χ1v) is 4.52. The van der Waals surface area contributed by atoms with Crippen molar-refractivity contribution in [1.29, 1.82) is 0 Å². The van der Waals surface area contributed by atoms with E-state index in [-0.39, 0.29) is 0 Å². The van der Waals surface area contributed by atoms with E-state index in [1.807, 2.05) is 6.07 Å². The molecule has 2 N–H and O–H groups in total. The molecule has 4 heteroatoms. The lowest BCUT2D eigenvalue weighted by Gasteiger charge is -2.08. The minimum absolute atomic E-state index is 0.664. The topological polar surface area (TPSA) is 57.4 Å². The van der Waals surface area contributed by atoms with E-state index in [0.717, 1.165) is 10.9 Å². The van der Waals surface area contributed by atoms with Crippen molar-refractivity contribution >= 4 is 16.6 Å². The molecule has 4 nitrogen and oxygen atoms in total. The van der Waals surface area contributed by atoms with Crippen LogP contribution in [0.25, 0.3) is 10.9 Å². The molecular weight excluding hydrogens is 192 g/mol. The highest BCUT2D eigenvalue weighted by Gasteiger charge is 2.07. The van der Waals surface area contributed by atoms with Crippen molar-refractivity contribution in [2.24, 2.45) is 0 Å². The Morgan fingerprint density at radius 3 is 2.67 bits per heavy atom. The highest BCUT2D eigenvalue weighted by molar-refractivity contribution is 5.94. The van der Waals surface area contributed by atoms with Gasteiger partial charge in [-0.25, -0.2) is 0 Å². The van der Waals surface area contributed by atoms with Crippen LogP contribution in [0, 0.1) is 0 Å². The molecule has 0 aliphatic heterocycles. The Hall–Kier alpha value is -1.97. The van der Waals surface area contributed by atoms with E-state index in [0.29, 0.717) is 17.2 Å². The normalized spacial score (nSPS) is 10.3. The van der Waals surface area contributed by atoms with Crippen LogP contribution >= 0.6 is 0 Å². The van der Waals surface area contributed by atoms with Crippen molar-refractivity contribution in [1.82, 2.24) is 4.98 Å². The predicted molar refractivity (Wildman–Crippen MR) is 59.3 cm³/mol. The second kappa shape index (κ2) is 3.65. The number of nitrogen functional groups attached to an aromatic ring is 1. The van der Waals surface area contributed by atoms with Crippen molar-refractivity contribution < 1.29 is 9.47 Å². The maximum atomic E-state index is 5.85. The number of rotatable bonds is 2. The van der Waals surface area contributed by atoms with E-state index in [2.05, 4.69) is 4.98 Å². The Kier molecular flexibility index (Phi) is 2.33. The number of anilines is 1. The van der Waals surface area contributed by atoms with Gasteiger partial charge in [-0.2, -0.15) is 0 Å². The molecule has 0 unspecified atom stereocenters. The highest BCUT2D eigenvalue weighted by atomic mass is 16.5. The smallest absolute Gasteiger partial charge is 0.148 e. The fourth-order valence-electron chi connectivity index (χ4n) is 1.49. The van der Waals surface area contributed by atoms with Gasteiger partial charge in [-0.15, -0.1) is 0 Å². The average molecular weight is 204 g/mol. The lowest BCUT2D eigenvalue weighted by atomic mass is 10.1. The standard InChI is InChI=1S/C11H12N2O2/c1-14-7-5-8-9(12)3-4-13-11(8)10(6-7)15-2/h3-6H,1-2H3,(H2,12,13). The molecule has 78 valence electrons. The molecule has 0 amide bonds. The van der Waals surface area contributed by atoms with Gasteiger partial charge < -0.3 is 15.2 Å². The minimum Gasteiger partial charge on any atom is -0.497 e. The number of nitrogens with zero attached hydrogens (tertiary/aromatic N) is 1. The molecule has 0 aliphatic carbocycles. The number of aromatic nitrogens is 1. The Morgan fingerprint density at radius 1 is 1.20 bits per heavy atom. The van der Waals surface area contributed by atoms with Gasteiger partial charge in [0.25, 0.3) is 0 Å². The van der Waals surface area contributed by atoms with Gasteiger partial charge in [0.2, 0.25) is 0 Å². The van der Waals surface area contributed by atoms with Crippen LogP contribution in [-0.4, -0.2) is 19.2 Å². The quantitative estimate of drug-likeness (QED) is 0.810. The van der Waals surface area contributed by atoms with Crippen molar-refractivity contribution in [3.05, 3.63) is 24.4 Å². The number of ether oxygens (including phenoxy) is 2. The third kappa shape index (κ3) is 1.54. The molecular formula is C11H12N2O2. The van der Waals surface area contributed by atoms with Crippen molar-refractivity contribution in [3.63, 3.8) is 0 Å². The Balaban J connectivity index is 2.80. The SMILES string of the molecule is COc1cc(OC)c2nccc(N)c2c1. The van der Waals surface area contributed by atoms with E-state index in [1.165, 1.54) is 0 Å². The molecule has 0 saturated carbocycles. The zero-order valence-corrected chi connectivity index (χ0v) is 8.65. The summed E-state index contributed by atoms with van der Waals surface area (Å²) < 4.78 is 10.4. The first-order chi connectivity index (χ1) is 7.26. The Bertz CT molecular complexity index is 497. The molecule has 0 radical (unpaired) electrons. The fraction of sp³-hybridized carbons (Fsp3) is 0.182. The van der Waals surface area contributed by atoms with E-state index in [1.54, 1.807) is 32.5 Å². The molecule has 0 saturated heterocycles. The summed E-state index contributed by atoms with van der Waals surface area (Å²) in [4.78, 5) is 4.23. The fourth-order valence-corrected chi connectivity index (χ4v) is 1.49. The van der Waals surface area contributed by atoms with Crippen LogP contribution in [0.2, 0.25) is 0 Å². The van der Waals surface area contributed by atoms with Gasteiger partial charge in [-0.3, -0.25) is 4.98 Å². The molecule has 0 spiro atoms. The summed E-state index contributed by atoms with van der Waals surface area (Å²) in [6.07, 6.45) is 1.66. The third-order valence-electron chi connectivity index (χ3n) is 2.27. The van der Waals surface area contributed by atoms with Crippen LogP contribution in [-0.2, 0) is 0 Å². The molecule has 2 rings (SSSR count). The highest BCUT2D eigenvalue weighted by Crippen LogP contribution is 2.32. The Labute approximate surface area is 87.6 Å². The van der Waals surface area contributed by atoms with E-state index in [9.17, 15) is 0 Å². The number of methoxy groups -OCH3 is 2. The monoisotopic (exact) mass is 204 g/mol. The summed E-state index contributed by atoms with van der Waals surface area (Å²) in [5.41, 5.74) is 7.26. The van der Waals surface area contributed by atoms with Crippen LogP contribution in [0.3, 0.4) is 0 Å². The summed E-state index contributed by atoms with van der Waals surface area (Å²) in [6.45, 7) is 0. The molecule has 1 aromatic carbocycles. The van der Waals surface area contributed by atoms with E-state index in [4.69, 9.17) is 15.2 Å². The molecule has 0 atom stereocenters. The van der Waals surface area contributed by atoms with Gasteiger partial charge in [-0.05, 0) is 12.1 Å². The third-order valence-corrected chi connectivity index (χ3v) is 2.27. The number of hydrogen-bond donors (Lipinski definition) is 1. The number of benzene rings is 1. The maximum absolute atomic E-state index is 5.85. The van der Waals surface area contributed by atoms with Crippen molar-refractivity contribution in [3.8, 4) is 11.5 Å². The number of hydrogen-bond acceptors (Lipinski definition) is 4. The van der Waals surface area contributed by atoms with Crippen LogP contribution in [0.15, 0.2) is 24.4 Å². The maximum Gasteiger partial charge on any atom is 0.148 e. The molecule has 15 heavy (non-hydrogen) atoms. The van der Waals surface area contributed by atoms with E-state index < -0.39 is 0 Å². The van der Waals surface area contributed by atoms with E-state index >= 15 is 0 Å². The van der Waals surface area contributed by atoms with Gasteiger partial charge in [0.05, 0.1) is 14.2 Å².